The number of ether oxygens (including phenoxy) is 1. The highest BCUT2D eigenvalue weighted by atomic mass is 32.2. The van der Waals surface area contributed by atoms with Gasteiger partial charge in [-0.05, 0) is 56.1 Å². The van der Waals surface area contributed by atoms with Gasteiger partial charge in [0.25, 0.3) is 0 Å². The Balaban J connectivity index is 1.26. The van der Waals surface area contributed by atoms with Crippen molar-refractivity contribution >= 4 is 16.7 Å². The van der Waals surface area contributed by atoms with Crippen LogP contribution in [-0.4, -0.2) is 52.0 Å². The number of carbonyl (C=O) groups is 1. The van der Waals surface area contributed by atoms with Crippen LogP contribution in [0.15, 0.2) is 41.1 Å². The quantitative estimate of drug-likeness (QED) is 0.518. The van der Waals surface area contributed by atoms with E-state index >= 15 is 0 Å². The molecule has 8 heteroatoms. The van der Waals surface area contributed by atoms with Crippen molar-refractivity contribution in [1.82, 2.24) is 15.2 Å². The van der Waals surface area contributed by atoms with E-state index in [-0.39, 0.29) is 5.91 Å². The van der Waals surface area contributed by atoms with E-state index < -0.39 is 10.8 Å². The average molecular weight is 434 g/mol. The third-order valence-electron chi connectivity index (χ3n) is 4.99. The number of furan rings is 1. The Morgan fingerprint density at radius 3 is 2.93 bits per heavy atom. The van der Waals surface area contributed by atoms with Crippen molar-refractivity contribution in [2.45, 2.75) is 44.4 Å². The van der Waals surface area contributed by atoms with Crippen LogP contribution in [0.5, 0.6) is 5.88 Å². The van der Waals surface area contributed by atoms with Crippen molar-refractivity contribution in [1.29, 1.82) is 0 Å². The molecule has 2 aromatic rings. The van der Waals surface area contributed by atoms with Gasteiger partial charge >= 0.3 is 0 Å². The summed E-state index contributed by atoms with van der Waals surface area (Å²) in [6.45, 7) is 4.09. The monoisotopic (exact) mass is 433 g/mol. The number of nitrogens with one attached hydrogen (secondary N) is 1. The van der Waals surface area contributed by atoms with E-state index in [4.69, 9.17) is 9.15 Å². The van der Waals surface area contributed by atoms with E-state index in [1.54, 1.807) is 24.6 Å². The average Bonchev–Trinajstić information content (AvgIpc) is 3.25. The van der Waals surface area contributed by atoms with Crippen molar-refractivity contribution in [2.24, 2.45) is 0 Å². The lowest BCUT2D eigenvalue weighted by molar-refractivity contribution is -0.121. The number of likely N-dealkylation sites (tertiary alicyclic amines) is 1. The van der Waals surface area contributed by atoms with Crippen molar-refractivity contribution in [2.75, 3.05) is 32.0 Å². The number of rotatable bonds is 12. The van der Waals surface area contributed by atoms with Gasteiger partial charge in [0.2, 0.25) is 11.8 Å². The van der Waals surface area contributed by atoms with Crippen LogP contribution in [0.4, 0.5) is 0 Å². The molecule has 1 N–H and O–H groups in total. The third-order valence-corrected chi connectivity index (χ3v) is 6.25. The van der Waals surface area contributed by atoms with Gasteiger partial charge in [-0.15, -0.1) is 0 Å². The molecule has 1 fully saturated rings. The van der Waals surface area contributed by atoms with Crippen LogP contribution < -0.4 is 10.1 Å². The summed E-state index contributed by atoms with van der Waals surface area (Å²) in [5.74, 6) is 2.04. The zero-order valence-corrected chi connectivity index (χ0v) is 18.2. The molecule has 0 aliphatic carbocycles. The highest BCUT2D eigenvalue weighted by Crippen LogP contribution is 2.15. The first-order chi connectivity index (χ1) is 14.7. The molecule has 2 aromatic heterocycles. The Kier molecular flexibility index (Phi) is 9.37. The summed E-state index contributed by atoms with van der Waals surface area (Å²) in [6, 6.07) is 7.60. The molecule has 0 spiro atoms. The van der Waals surface area contributed by atoms with Gasteiger partial charge in [0.05, 0.1) is 18.6 Å². The Hall–Kier alpha value is -2.19. The first-order valence-electron chi connectivity index (χ1n) is 10.6. The van der Waals surface area contributed by atoms with Crippen molar-refractivity contribution in [3.8, 4) is 5.88 Å². The Bertz CT molecular complexity index is 791. The zero-order valence-electron chi connectivity index (χ0n) is 17.4. The second kappa shape index (κ2) is 12.5. The molecule has 30 heavy (non-hydrogen) atoms. The van der Waals surface area contributed by atoms with E-state index in [0.717, 1.165) is 19.6 Å². The second-order valence-electron chi connectivity index (χ2n) is 7.51. The van der Waals surface area contributed by atoms with Crippen LogP contribution in [0, 0.1) is 0 Å². The molecule has 7 nitrogen and oxygen atoms in total. The van der Waals surface area contributed by atoms with Crippen LogP contribution in [0.3, 0.4) is 0 Å². The van der Waals surface area contributed by atoms with Crippen LogP contribution in [0.2, 0.25) is 0 Å². The molecule has 1 unspecified atom stereocenters. The lowest BCUT2D eigenvalue weighted by Crippen LogP contribution is -2.29. The largest absolute Gasteiger partial charge is 0.478 e. The fourth-order valence-corrected chi connectivity index (χ4v) is 4.39. The summed E-state index contributed by atoms with van der Waals surface area (Å²) in [7, 11) is -1.05. The SMILES string of the molecule is O=C(CCCOc1cc(CN2CCCCC2)ccn1)NCCS(=O)Cc1ccco1. The predicted molar refractivity (Wildman–Crippen MR) is 117 cm³/mol. The fourth-order valence-electron chi connectivity index (χ4n) is 3.43. The first kappa shape index (κ1) is 22.5. The van der Waals surface area contributed by atoms with Gasteiger partial charge in [0, 0.05) is 48.3 Å². The fraction of sp³-hybridized carbons (Fsp3) is 0.545. The lowest BCUT2D eigenvalue weighted by atomic mass is 10.1. The Morgan fingerprint density at radius 2 is 2.13 bits per heavy atom. The maximum Gasteiger partial charge on any atom is 0.220 e. The smallest absolute Gasteiger partial charge is 0.220 e. The molecule has 1 amide bonds. The Morgan fingerprint density at radius 1 is 1.27 bits per heavy atom. The van der Waals surface area contributed by atoms with Crippen molar-refractivity contribution in [3.05, 3.63) is 48.0 Å². The second-order valence-corrected chi connectivity index (χ2v) is 9.09. The standard InChI is InChI=1S/C22H31N3O4S/c26-21(23-10-15-30(27)18-20-6-4-13-28-20)7-5-14-29-22-16-19(8-9-24-22)17-25-11-2-1-3-12-25/h4,6,8-9,13,16H,1-3,5,7,10-12,14-15,17-18H2,(H,23,26). The molecule has 164 valence electrons. The van der Waals surface area contributed by atoms with Crippen LogP contribution in [-0.2, 0) is 27.9 Å². The van der Waals surface area contributed by atoms with Gasteiger partial charge in [-0.25, -0.2) is 4.98 Å². The molecule has 1 aliphatic heterocycles. The summed E-state index contributed by atoms with van der Waals surface area (Å²) in [4.78, 5) is 18.7. The maximum absolute atomic E-state index is 11.9. The molecule has 1 atom stereocenters. The summed E-state index contributed by atoms with van der Waals surface area (Å²) >= 11 is 0. The van der Waals surface area contributed by atoms with Crippen molar-refractivity contribution in [3.63, 3.8) is 0 Å². The summed E-state index contributed by atoms with van der Waals surface area (Å²) < 4.78 is 22.8. The molecular weight excluding hydrogens is 402 g/mol. The topological polar surface area (TPSA) is 84.7 Å². The molecule has 0 aromatic carbocycles. The molecule has 3 heterocycles. The van der Waals surface area contributed by atoms with E-state index in [2.05, 4.69) is 15.2 Å². The predicted octanol–water partition coefficient (Wildman–Crippen LogP) is 2.88. The molecule has 0 saturated carbocycles. The van der Waals surface area contributed by atoms with E-state index in [1.807, 2.05) is 12.1 Å². The molecule has 3 rings (SSSR count). The summed E-state index contributed by atoms with van der Waals surface area (Å²) in [6.07, 6.45) is 8.21. The van der Waals surface area contributed by atoms with Gasteiger partial charge in [-0.3, -0.25) is 13.9 Å². The van der Waals surface area contributed by atoms with Gasteiger partial charge in [0.15, 0.2) is 0 Å². The van der Waals surface area contributed by atoms with E-state index in [1.165, 1.54) is 24.8 Å². The van der Waals surface area contributed by atoms with Crippen LogP contribution in [0.1, 0.15) is 43.4 Å². The first-order valence-corrected chi connectivity index (χ1v) is 12.1. The minimum Gasteiger partial charge on any atom is -0.478 e. The Labute approximate surface area is 180 Å². The number of aromatic nitrogens is 1. The minimum absolute atomic E-state index is 0.0552. The van der Waals surface area contributed by atoms with Crippen LogP contribution in [0.25, 0.3) is 0 Å². The minimum atomic E-state index is -1.05. The van der Waals surface area contributed by atoms with Gasteiger partial charge in [0.1, 0.15) is 5.76 Å². The summed E-state index contributed by atoms with van der Waals surface area (Å²) in [5, 5.41) is 2.81. The third kappa shape index (κ3) is 8.28. The van der Waals surface area contributed by atoms with Crippen molar-refractivity contribution < 1.29 is 18.2 Å². The van der Waals surface area contributed by atoms with Gasteiger partial charge in [-0.2, -0.15) is 0 Å². The molecule has 0 bridgehead atoms. The highest BCUT2D eigenvalue weighted by molar-refractivity contribution is 7.84. The number of hydrogen-bond acceptors (Lipinski definition) is 6. The van der Waals surface area contributed by atoms with E-state index in [0.29, 0.717) is 49.1 Å². The van der Waals surface area contributed by atoms with E-state index in [9.17, 15) is 9.00 Å². The number of pyridine rings is 1. The number of amides is 1. The molecule has 0 radical (unpaired) electrons. The molecule has 1 saturated heterocycles. The molecule has 1 aliphatic rings. The molecular formula is C22H31N3O4S. The summed E-state index contributed by atoms with van der Waals surface area (Å²) in [5.41, 5.74) is 1.21. The number of nitrogens with zero attached hydrogens (tertiary/aromatic N) is 2. The van der Waals surface area contributed by atoms with Gasteiger partial charge < -0.3 is 14.5 Å². The normalized spacial score (nSPS) is 15.6. The van der Waals surface area contributed by atoms with Crippen LogP contribution >= 0.6 is 0 Å². The number of hydrogen-bond donors (Lipinski definition) is 1. The zero-order chi connectivity index (χ0) is 21.0. The van der Waals surface area contributed by atoms with Gasteiger partial charge in [-0.1, -0.05) is 6.42 Å². The highest BCUT2D eigenvalue weighted by Gasteiger charge is 2.11. The number of piperidine rings is 1. The number of carbonyl (C=O) groups excluding carboxylic acids is 1. The lowest BCUT2D eigenvalue weighted by Gasteiger charge is -2.26. The maximum atomic E-state index is 11.9.